The molecule has 54 heavy (non-hydrogen) atoms. The van der Waals surface area contributed by atoms with Crippen LogP contribution >= 0.6 is 0 Å². The fraction of sp³-hybridized carbons (Fsp3) is 0.316. The van der Waals surface area contributed by atoms with E-state index in [0.29, 0.717) is 23.8 Å². The monoisotopic (exact) mass is 746 g/mol. The Balaban J connectivity index is 1.59. The summed E-state index contributed by atoms with van der Waals surface area (Å²) in [5.41, 5.74) is 19.4. The van der Waals surface area contributed by atoms with E-state index in [0.717, 1.165) is 17.2 Å². The van der Waals surface area contributed by atoms with E-state index in [-0.39, 0.29) is 66.9 Å². The second kappa shape index (κ2) is 19.5. The van der Waals surface area contributed by atoms with Crippen LogP contribution in [0.15, 0.2) is 72.8 Å². The van der Waals surface area contributed by atoms with Gasteiger partial charge in [0.25, 0.3) is 5.69 Å². The molecule has 0 heterocycles. The maximum Gasteiger partial charge on any atom is 0.296 e. The number of nitrogens with zero attached hydrogens (tertiary/aromatic N) is 1. The van der Waals surface area contributed by atoms with Crippen LogP contribution in [-0.2, 0) is 22.7 Å². The van der Waals surface area contributed by atoms with Crippen molar-refractivity contribution in [3.05, 3.63) is 105 Å². The molecule has 0 bridgehead atoms. The first-order valence-corrected chi connectivity index (χ1v) is 17.1. The number of methoxy groups -OCH3 is 2. The highest BCUT2D eigenvalue weighted by atomic mass is 16.6. The zero-order valence-electron chi connectivity index (χ0n) is 30.6. The number of carbonyl (C=O) groups excluding carboxylic acids is 2. The smallest absolute Gasteiger partial charge is 0.296 e. The van der Waals surface area contributed by atoms with Gasteiger partial charge >= 0.3 is 0 Å². The number of nitro groups is 1. The Labute approximate surface area is 312 Å². The Hall–Kier alpha value is -6.26. The van der Waals surface area contributed by atoms with E-state index >= 15 is 0 Å². The van der Waals surface area contributed by atoms with Crippen molar-refractivity contribution >= 4 is 34.6 Å². The number of hydrogen-bond acceptors (Lipinski definition) is 13. The first-order chi connectivity index (χ1) is 26.0. The third-order valence-electron chi connectivity index (χ3n) is 8.22. The van der Waals surface area contributed by atoms with E-state index in [9.17, 15) is 19.7 Å². The first kappa shape index (κ1) is 40.5. The molecule has 0 radical (unpaired) electrons. The van der Waals surface area contributed by atoms with E-state index in [1.807, 2.05) is 26.0 Å². The van der Waals surface area contributed by atoms with Gasteiger partial charge in [-0.15, -0.1) is 0 Å². The average molecular weight is 747 g/mol. The second-order valence-corrected chi connectivity index (χ2v) is 11.8. The van der Waals surface area contributed by atoms with Gasteiger partial charge in [-0.1, -0.05) is 24.3 Å². The molecule has 16 nitrogen and oxygen atoms in total. The summed E-state index contributed by atoms with van der Waals surface area (Å²) in [5.74, 6) is 0.124. The molecule has 0 unspecified atom stereocenters. The number of anilines is 3. The van der Waals surface area contributed by atoms with E-state index in [4.69, 9.17) is 45.6 Å². The number of nitrogens with one attached hydrogen (secondary N) is 2. The number of nitrogens with two attached hydrogens (primary N) is 3. The molecule has 288 valence electrons. The van der Waals surface area contributed by atoms with Gasteiger partial charge in [-0.05, 0) is 67.4 Å². The van der Waals surface area contributed by atoms with Gasteiger partial charge in [0.05, 0.1) is 24.8 Å². The summed E-state index contributed by atoms with van der Waals surface area (Å²) in [4.78, 5) is 35.9. The normalized spacial score (nSPS) is 11.9. The Kier molecular flexibility index (Phi) is 14.7. The minimum Gasteiger partial charge on any atom is -0.497 e. The average Bonchev–Trinajstić information content (AvgIpc) is 3.16. The van der Waals surface area contributed by atoms with Gasteiger partial charge in [0.1, 0.15) is 48.4 Å². The van der Waals surface area contributed by atoms with Gasteiger partial charge < -0.3 is 56.3 Å². The lowest BCUT2D eigenvalue weighted by molar-refractivity contribution is -0.384. The van der Waals surface area contributed by atoms with Gasteiger partial charge in [-0.25, -0.2) is 0 Å². The number of primary amides is 2. The Morgan fingerprint density at radius 3 is 1.54 bits per heavy atom. The summed E-state index contributed by atoms with van der Waals surface area (Å²) < 4.78 is 34.8. The highest BCUT2D eigenvalue weighted by Crippen LogP contribution is 2.37. The summed E-state index contributed by atoms with van der Waals surface area (Å²) in [6, 6.07) is 19.8. The molecule has 0 spiro atoms. The minimum atomic E-state index is -0.857. The zero-order valence-corrected chi connectivity index (χ0v) is 30.6. The van der Waals surface area contributed by atoms with Gasteiger partial charge in [0.2, 0.25) is 11.8 Å². The van der Waals surface area contributed by atoms with E-state index in [1.165, 1.54) is 18.2 Å². The molecule has 8 N–H and O–H groups in total. The molecule has 0 aliphatic heterocycles. The number of nitrogen functional groups attached to an aromatic ring is 1. The molecule has 2 amide bonds. The van der Waals surface area contributed by atoms with Crippen LogP contribution < -0.4 is 46.8 Å². The highest BCUT2D eigenvalue weighted by molar-refractivity contribution is 5.96. The minimum absolute atomic E-state index is 0.0203. The van der Waals surface area contributed by atoms with E-state index in [2.05, 4.69) is 10.6 Å². The number of ether oxygens (including phenoxy) is 6. The van der Waals surface area contributed by atoms with Crippen molar-refractivity contribution in [1.82, 2.24) is 0 Å². The zero-order chi connectivity index (χ0) is 39.2. The number of benzene rings is 4. The second-order valence-electron chi connectivity index (χ2n) is 11.8. The predicted octanol–water partition coefficient (Wildman–Crippen LogP) is 4.88. The Morgan fingerprint density at radius 1 is 0.704 bits per heavy atom. The molecule has 4 aromatic rings. The third kappa shape index (κ3) is 10.9. The lowest BCUT2D eigenvalue weighted by Gasteiger charge is -2.29. The van der Waals surface area contributed by atoms with Crippen LogP contribution in [0.25, 0.3) is 0 Å². The standard InChI is InChI=1S/C38H46N6O10/c1-5-51-33(19-42-35-29(39)15-25(37(40)45)17-31(35)53-21-23-7-11-27(49-3)12-8-23)34(52-6-2)20-43-36-30(44(47)48)16-26(38(41)46)18-32(36)54-22-24-9-13-28(50-4)14-10-24/h7-18,33-34,42-43H,5-6,19-22,39H2,1-4H3,(H2,40,45)(H2,41,46)/t33-,34-/m0/s1. The van der Waals surface area contributed by atoms with Crippen LogP contribution in [0.1, 0.15) is 45.7 Å². The molecular weight excluding hydrogens is 700 g/mol. The first-order valence-electron chi connectivity index (χ1n) is 17.1. The van der Waals surface area contributed by atoms with Crippen molar-refractivity contribution < 1.29 is 42.9 Å². The van der Waals surface area contributed by atoms with Crippen LogP contribution in [0, 0.1) is 10.1 Å². The lowest BCUT2D eigenvalue weighted by atomic mass is 10.1. The molecule has 0 aliphatic carbocycles. The van der Waals surface area contributed by atoms with Crippen LogP contribution in [0.3, 0.4) is 0 Å². The van der Waals surface area contributed by atoms with Gasteiger partial charge in [-0.2, -0.15) is 0 Å². The largest absolute Gasteiger partial charge is 0.497 e. The van der Waals surface area contributed by atoms with Crippen molar-refractivity contribution in [1.29, 1.82) is 0 Å². The molecule has 2 atom stereocenters. The quantitative estimate of drug-likeness (QED) is 0.0410. The van der Waals surface area contributed by atoms with Crippen molar-refractivity contribution in [2.75, 3.05) is 56.9 Å². The topological polar surface area (TPSA) is 235 Å². The summed E-state index contributed by atoms with van der Waals surface area (Å²) in [6.07, 6.45) is -1.32. The molecular formula is C38H46N6O10. The summed E-state index contributed by atoms with van der Waals surface area (Å²) in [5, 5.41) is 18.7. The van der Waals surface area contributed by atoms with Crippen molar-refractivity contribution in [2.45, 2.75) is 39.3 Å². The number of hydrogen-bond donors (Lipinski definition) is 5. The molecule has 0 aromatic heterocycles. The molecule has 4 rings (SSSR count). The molecule has 0 aliphatic rings. The summed E-state index contributed by atoms with van der Waals surface area (Å²) in [7, 11) is 3.13. The lowest BCUT2D eigenvalue weighted by Crippen LogP contribution is -2.42. The molecule has 0 saturated carbocycles. The van der Waals surface area contributed by atoms with Crippen molar-refractivity contribution in [2.24, 2.45) is 11.5 Å². The third-order valence-corrected chi connectivity index (χ3v) is 8.22. The molecule has 16 heteroatoms. The molecule has 4 aromatic carbocycles. The molecule has 0 saturated heterocycles. The SMILES string of the molecule is CCO[C@@H](CNc1c(N)cc(C(N)=O)cc1OCc1ccc(OC)cc1)[C@H](CNc1c(OCc2ccc(OC)cc2)cc(C(N)=O)cc1[N+](=O)[O-])OCC. The number of nitro benzene ring substituents is 1. The maximum atomic E-state index is 12.3. The van der Waals surface area contributed by atoms with Gasteiger partial charge in [0.15, 0.2) is 11.4 Å². The van der Waals surface area contributed by atoms with Gasteiger partial charge in [0, 0.05) is 43.5 Å². The van der Waals surface area contributed by atoms with E-state index < -0.39 is 34.6 Å². The van der Waals surface area contributed by atoms with Crippen LogP contribution in [-0.4, -0.2) is 69.5 Å². The van der Waals surface area contributed by atoms with E-state index in [1.54, 1.807) is 50.6 Å². The highest BCUT2D eigenvalue weighted by Gasteiger charge is 2.28. The number of carbonyl (C=O) groups is 2. The predicted molar refractivity (Wildman–Crippen MR) is 203 cm³/mol. The summed E-state index contributed by atoms with van der Waals surface area (Å²) >= 11 is 0. The Bertz CT molecular complexity index is 1890. The van der Waals surface area contributed by atoms with Crippen LogP contribution in [0.5, 0.6) is 23.0 Å². The van der Waals surface area contributed by atoms with Crippen molar-refractivity contribution in [3.8, 4) is 23.0 Å². The Morgan fingerprint density at radius 2 is 1.13 bits per heavy atom. The van der Waals surface area contributed by atoms with Gasteiger partial charge in [-0.3, -0.25) is 19.7 Å². The van der Waals surface area contributed by atoms with Crippen LogP contribution in [0.4, 0.5) is 22.7 Å². The number of rotatable bonds is 22. The van der Waals surface area contributed by atoms with Crippen molar-refractivity contribution in [3.63, 3.8) is 0 Å². The molecule has 0 fully saturated rings. The maximum absolute atomic E-state index is 12.3. The number of amides is 2. The van der Waals surface area contributed by atoms with Crippen LogP contribution in [0.2, 0.25) is 0 Å². The fourth-order valence-electron chi connectivity index (χ4n) is 5.46. The summed E-state index contributed by atoms with van der Waals surface area (Å²) in [6.45, 7) is 4.55. The fourth-order valence-corrected chi connectivity index (χ4v) is 5.46.